The van der Waals surface area contributed by atoms with Gasteiger partial charge in [0.15, 0.2) is 6.61 Å². The molecule has 8 heteroatoms. The van der Waals surface area contributed by atoms with Crippen LogP contribution in [-0.2, 0) is 14.3 Å². The first kappa shape index (κ1) is 21.0. The van der Waals surface area contributed by atoms with Crippen molar-refractivity contribution in [2.75, 3.05) is 27.2 Å². The van der Waals surface area contributed by atoms with Crippen molar-refractivity contribution in [2.45, 2.75) is 9.79 Å². The lowest BCUT2D eigenvalue weighted by Gasteiger charge is -2.12. The summed E-state index contributed by atoms with van der Waals surface area (Å²) in [4.78, 5) is 38.3. The highest BCUT2D eigenvalue weighted by Crippen LogP contribution is 2.32. The van der Waals surface area contributed by atoms with Gasteiger partial charge in [-0.2, -0.15) is 5.26 Å². The maximum Gasteiger partial charge on any atom is 0.339 e. The molecule has 0 bridgehead atoms. The molecule has 0 aliphatic heterocycles. The number of amides is 2. The van der Waals surface area contributed by atoms with E-state index in [0.29, 0.717) is 15.4 Å². The average Bonchev–Trinajstić information content (AvgIpc) is 2.70. The third-order valence-corrected chi connectivity index (χ3v) is 4.76. The highest BCUT2D eigenvalue weighted by molar-refractivity contribution is 7.99. The van der Waals surface area contributed by atoms with Crippen molar-refractivity contribution in [3.05, 3.63) is 59.7 Å². The average molecular weight is 397 g/mol. The van der Waals surface area contributed by atoms with E-state index in [-0.39, 0.29) is 18.0 Å². The second kappa shape index (κ2) is 10.1. The molecule has 28 heavy (non-hydrogen) atoms. The summed E-state index contributed by atoms with van der Waals surface area (Å²) >= 11 is 1.27. The molecule has 0 saturated heterocycles. The Balaban J connectivity index is 2.02. The van der Waals surface area contributed by atoms with Crippen molar-refractivity contribution in [1.29, 1.82) is 5.26 Å². The number of nitriles is 1. The number of carbonyl (C=O) groups is 3. The lowest BCUT2D eigenvalue weighted by molar-refractivity contribution is -0.131. The monoisotopic (exact) mass is 397 g/mol. The second-order valence-corrected chi connectivity index (χ2v) is 6.93. The van der Waals surface area contributed by atoms with Gasteiger partial charge in [-0.1, -0.05) is 36.0 Å². The van der Waals surface area contributed by atoms with Gasteiger partial charge in [0.1, 0.15) is 6.07 Å². The van der Waals surface area contributed by atoms with Crippen molar-refractivity contribution in [2.24, 2.45) is 0 Å². The van der Waals surface area contributed by atoms with Crippen LogP contribution >= 0.6 is 11.8 Å². The molecule has 0 aliphatic rings. The van der Waals surface area contributed by atoms with E-state index in [0.717, 1.165) is 0 Å². The fourth-order valence-electron chi connectivity index (χ4n) is 2.08. The van der Waals surface area contributed by atoms with Gasteiger partial charge in [0.05, 0.1) is 17.7 Å². The highest BCUT2D eigenvalue weighted by atomic mass is 32.2. The molecule has 0 unspecified atom stereocenters. The van der Waals surface area contributed by atoms with Crippen molar-refractivity contribution in [3.63, 3.8) is 0 Å². The van der Waals surface area contributed by atoms with Crippen molar-refractivity contribution >= 4 is 29.5 Å². The van der Waals surface area contributed by atoms with E-state index in [9.17, 15) is 19.6 Å². The molecule has 0 fully saturated rings. The molecule has 0 heterocycles. The molecular weight excluding hydrogens is 378 g/mol. The van der Waals surface area contributed by atoms with E-state index in [4.69, 9.17) is 4.74 Å². The molecular formula is C20H19N3O4S. The number of ether oxygens (including phenoxy) is 1. The molecule has 0 aromatic heterocycles. The molecule has 2 rings (SSSR count). The maximum absolute atomic E-state index is 12.4. The summed E-state index contributed by atoms with van der Waals surface area (Å²) in [6, 6.07) is 16.0. The second-order valence-electron chi connectivity index (χ2n) is 5.85. The van der Waals surface area contributed by atoms with E-state index >= 15 is 0 Å². The lowest BCUT2D eigenvalue weighted by atomic mass is 10.2. The largest absolute Gasteiger partial charge is 0.452 e. The quantitative estimate of drug-likeness (QED) is 0.718. The van der Waals surface area contributed by atoms with Crippen molar-refractivity contribution in [1.82, 2.24) is 10.2 Å². The Kier molecular flexibility index (Phi) is 7.60. The SMILES string of the molecule is CN(C)C(=O)CNC(=O)COC(=O)c1ccccc1Sc1ccccc1C#N. The molecule has 7 nitrogen and oxygen atoms in total. The summed E-state index contributed by atoms with van der Waals surface area (Å²) in [5.41, 5.74) is 0.790. The van der Waals surface area contributed by atoms with E-state index < -0.39 is 18.5 Å². The van der Waals surface area contributed by atoms with Crippen LogP contribution in [0.2, 0.25) is 0 Å². The van der Waals surface area contributed by atoms with E-state index in [2.05, 4.69) is 11.4 Å². The number of rotatable bonds is 7. The summed E-state index contributed by atoms with van der Waals surface area (Å²) in [7, 11) is 3.15. The number of carbonyl (C=O) groups excluding carboxylic acids is 3. The zero-order valence-electron chi connectivity index (χ0n) is 15.5. The number of benzene rings is 2. The molecule has 2 amide bonds. The smallest absolute Gasteiger partial charge is 0.339 e. The standard InChI is InChI=1S/C20H19N3O4S/c1-23(2)19(25)12-22-18(24)13-27-20(26)15-8-4-6-10-17(15)28-16-9-5-3-7-14(16)11-21/h3-10H,12-13H2,1-2H3,(H,22,24). The Labute approximate surface area is 167 Å². The normalized spacial score (nSPS) is 9.89. The minimum atomic E-state index is -0.661. The van der Waals surface area contributed by atoms with Gasteiger partial charge in [0.2, 0.25) is 5.91 Å². The number of hydrogen-bond donors (Lipinski definition) is 1. The summed E-state index contributed by atoms with van der Waals surface area (Å²) in [6.07, 6.45) is 0. The molecule has 0 spiro atoms. The van der Waals surface area contributed by atoms with Gasteiger partial charge < -0.3 is 15.0 Å². The molecule has 1 N–H and O–H groups in total. The van der Waals surface area contributed by atoms with Gasteiger partial charge >= 0.3 is 5.97 Å². The predicted molar refractivity (Wildman–Crippen MR) is 104 cm³/mol. The van der Waals surface area contributed by atoms with E-state index in [1.54, 1.807) is 56.6 Å². The van der Waals surface area contributed by atoms with Gasteiger partial charge in [0.25, 0.3) is 5.91 Å². The zero-order chi connectivity index (χ0) is 20.5. The topological polar surface area (TPSA) is 99.5 Å². The zero-order valence-corrected chi connectivity index (χ0v) is 16.3. The first-order valence-corrected chi connectivity index (χ1v) is 9.14. The van der Waals surface area contributed by atoms with Gasteiger partial charge in [-0.15, -0.1) is 0 Å². The van der Waals surface area contributed by atoms with Crippen LogP contribution in [0.4, 0.5) is 0 Å². The van der Waals surface area contributed by atoms with Gasteiger partial charge in [-0.05, 0) is 24.3 Å². The first-order valence-electron chi connectivity index (χ1n) is 8.32. The number of nitrogens with one attached hydrogen (secondary N) is 1. The van der Waals surface area contributed by atoms with Crippen LogP contribution in [-0.4, -0.2) is 49.9 Å². The van der Waals surface area contributed by atoms with Crippen LogP contribution in [0.25, 0.3) is 0 Å². The third-order valence-electron chi connectivity index (χ3n) is 3.60. The number of nitrogens with zero attached hydrogens (tertiary/aromatic N) is 2. The van der Waals surface area contributed by atoms with Crippen LogP contribution in [0.5, 0.6) is 0 Å². The van der Waals surface area contributed by atoms with E-state index in [1.165, 1.54) is 16.7 Å². The Morgan fingerprint density at radius 3 is 2.39 bits per heavy atom. The molecule has 144 valence electrons. The Hall–Kier alpha value is -3.31. The predicted octanol–water partition coefficient (Wildman–Crippen LogP) is 2.07. The number of esters is 1. The van der Waals surface area contributed by atoms with Crippen LogP contribution in [0.15, 0.2) is 58.3 Å². The first-order chi connectivity index (χ1) is 13.4. The minimum absolute atomic E-state index is 0.166. The Bertz CT molecular complexity index is 922. The summed E-state index contributed by atoms with van der Waals surface area (Å²) in [6.45, 7) is -0.659. The van der Waals surface area contributed by atoms with Gasteiger partial charge in [-0.25, -0.2) is 4.79 Å². The highest BCUT2D eigenvalue weighted by Gasteiger charge is 2.16. The summed E-state index contributed by atoms with van der Waals surface area (Å²) in [5, 5.41) is 11.6. The van der Waals surface area contributed by atoms with Crippen LogP contribution in [0.1, 0.15) is 15.9 Å². The van der Waals surface area contributed by atoms with E-state index in [1.807, 2.05) is 6.07 Å². The molecule has 0 aliphatic carbocycles. The number of hydrogen-bond acceptors (Lipinski definition) is 6. The number of likely N-dealkylation sites (N-methyl/N-ethyl adjacent to an activating group) is 1. The third kappa shape index (κ3) is 5.86. The fraction of sp³-hybridized carbons (Fsp3) is 0.200. The van der Waals surface area contributed by atoms with Gasteiger partial charge in [0, 0.05) is 23.9 Å². The molecule has 2 aromatic carbocycles. The summed E-state index contributed by atoms with van der Waals surface area (Å²) < 4.78 is 5.06. The van der Waals surface area contributed by atoms with Crippen molar-refractivity contribution in [3.8, 4) is 6.07 Å². The molecule has 2 aromatic rings. The Morgan fingerprint density at radius 2 is 1.71 bits per heavy atom. The molecule has 0 saturated carbocycles. The van der Waals surface area contributed by atoms with Gasteiger partial charge in [-0.3, -0.25) is 9.59 Å². The fourth-order valence-corrected chi connectivity index (χ4v) is 3.10. The molecule has 0 atom stereocenters. The summed E-state index contributed by atoms with van der Waals surface area (Å²) in [5.74, 6) is -1.49. The minimum Gasteiger partial charge on any atom is -0.452 e. The van der Waals surface area contributed by atoms with Crippen LogP contribution < -0.4 is 5.32 Å². The maximum atomic E-state index is 12.4. The molecule has 0 radical (unpaired) electrons. The van der Waals surface area contributed by atoms with Crippen LogP contribution in [0.3, 0.4) is 0 Å². The van der Waals surface area contributed by atoms with Crippen LogP contribution in [0, 0.1) is 11.3 Å². The van der Waals surface area contributed by atoms with Crippen molar-refractivity contribution < 1.29 is 19.1 Å². The lowest BCUT2D eigenvalue weighted by Crippen LogP contribution is -2.38. The Morgan fingerprint density at radius 1 is 1.07 bits per heavy atom.